The Bertz CT molecular complexity index is 303. The molecule has 0 radical (unpaired) electrons. The maximum atomic E-state index is 11.5. The van der Waals surface area contributed by atoms with Gasteiger partial charge in [0.05, 0.1) is 5.56 Å². The number of hydrogen-bond donors (Lipinski definition) is 0. The molecule has 0 aliphatic heterocycles. The van der Waals surface area contributed by atoms with Crippen LogP contribution >= 0.6 is 0 Å². The van der Waals surface area contributed by atoms with E-state index in [2.05, 4.69) is 6.58 Å². The lowest BCUT2D eigenvalue weighted by atomic mass is 10.2. The fraction of sp³-hybridized carbons (Fsp3) is 0.250. The molecule has 1 rings (SSSR count). The zero-order chi connectivity index (χ0) is 10.4. The second kappa shape index (κ2) is 5.22. The summed E-state index contributed by atoms with van der Waals surface area (Å²) >= 11 is 0. The zero-order valence-electron chi connectivity index (χ0n) is 8.27. The lowest BCUT2D eigenvalue weighted by Crippen LogP contribution is -2.14. The smallest absolute Gasteiger partial charge is 0.338 e. The van der Waals surface area contributed by atoms with Crippen molar-refractivity contribution in [2.75, 3.05) is 0 Å². The summed E-state index contributed by atoms with van der Waals surface area (Å²) in [6, 6.07) is 8.95. The first-order valence-electron chi connectivity index (χ1n) is 4.66. The third-order valence-electron chi connectivity index (χ3n) is 1.93. The van der Waals surface area contributed by atoms with Gasteiger partial charge < -0.3 is 4.74 Å². The topological polar surface area (TPSA) is 26.3 Å². The van der Waals surface area contributed by atoms with Gasteiger partial charge in [0, 0.05) is 0 Å². The van der Waals surface area contributed by atoms with E-state index in [-0.39, 0.29) is 12.1 Å². The average molecular weight is 190 g/mol. The van der Waals surface area contributed by atoms with Gasteiger partial charge in [-0.15, -0.1) is 0 Å². The summed E-state index contributed by atoms with van der Waals surface area (Å²) in [7, 11) is 0. The summed E-state index contributed by atoms with van der Waals surface area (Å²) < 4.78 is 5.18. The molecule has 0 heterocycles. The second-order valence-corrected chi connectivity index (χ2v) is 2.95. The molecule has 0 saturated carbocycles. The highest BCUT2D eigenvalue weighted by Gasteiger charge is 2.10. The first kappa shape index (κ1) is 10.5. The van der Waals surface area contributed by atoms with Gasteiger partial charge in [0.1, 0.15) is 6.10 Å². The van der Waals surface area contributed by atoms with Gasteiger partial charge in [0.25, 0.3) is 0 Å². The van der Waals surface area contributed by atoms with Crippen molar-refractivity contribution >= 4 is 5.97 Å². The minimum Gasteiger partial charge on any atom is -0.455 e. The Morgan fingerprint density at radius 3 is 2.64 bits per heavy atom. The fourth-order valence-electron chi connectivity index (χ4n) is 1.08. The van der Waals surface area contributed by atoms with Crippen LogP contribution in [0.2, 0.25) is 0 Å². The molecule has 0 aliphatic rings. The van der Waals surface area contributed by atoms with E-state index in [9.17, 15) is 4.79 Å². The molecule has 2 nitrogen and oxygen atoms in total. The normalized spacial score (nSPS) is 11.8. The first-order chi connectivity index (χ1) is 6.77. The Morgan fingerprint density at radius 2 is 2.14 bits per heavy atom. The van der Waals surface area contributed by atoms with E-state index in [1.807, 2.05) is 25.1 Å². The summed E-state index contributed by atoms with van der Waals surface area (Å²) in [5.74, 6) is -0.294. The van der Waals surface area contributed by atoms with E-state index in [4.69, 9.17) is 4.74 Å². The lowest BCUT2D eigenvalue weighted by Gasteiger charge is -2.11. The highest BCUT2D eigenvalue weighted by molar-refractivity contribution is 5.89. The molecule has 0 aromatic heterocycles. The van der Waals surface area contributed by atoms with E-state index >= 15 is 0 Å². The molecule has 0 fully saturated rings. The first-order valence-corrected chi connectivity index (χ1v) is 4.66. The van der Waals surface area contributed by atoms with Crippen LogP contribution in [0.4, 0.5) is 0 Å². The Balaban J connectivity index is 2.63. The molecule has 0 spiro atoms. The van der Waals surface area contributed by atoms with E-state index in [0.717, 1.165) is 6.42 Å². The number of esters is 1. The molecule has 2 heteroatoms. The lowest BCUT2D eigenvalue weighted by molar-refractivity contribution is 0.0389. The molecule has 1 aromatic carbocycles. The molecule has 0 unspecified atom stereocenters. The highest BCUT2D eigenvalue weighted by Crippen LogP contribution is 2.06. The summed E-state index contributed by atoms with van der Waals surface area (Å²) in [5, 5.41) is 0. The predicted molar refractivity (Wildman–Crippen MR) is 56.1 cm³/mol. The highest BCUT2D eigenvalue weighted by atomic mass is 16.5. The van der Waals surface area contributed by atoms with Crippen LogP contribution in [0.25, 0.3) is 0 Å². The number of hydrogen-bond acceptors (Lipinski definition) is 2. The Hall–Kier alpha value is -1.57. The van der Waals surface area contributed by atoms with Crippen LogP contribution in [0.15, 0.2) is 43.0 Å². The van der Waals surface area contributed by atoms with Crippen LogP contribution in [-0.2, 0) is 4.74 Å². The van der Waals surface area contributed by atoms with Gasteiger partial charge in [0.15, 0.2) is 0 Å². The molecule has 0 bridgehead atoms. The van der Waals surface area contributed by atoms with Gasteiger partial charge in [-0.05, 0) is 18.6 Å². The summed E-state index contributed by atoms with van der Waals surface area (Å²) in [5.41, 5.74) is 0.577. The molecule has 74 valence electrons. The number of carbonyl (C=O) groups is 1. The van der Waals surface area contributed by atoms with Crippen molar-refractivity contribution in [3.05, 3.63) is 48.6 Å². The molecule has 0 saturated heterocycles. The van der Waals surface area contributed by atoms with Crippen LogP contribution in [0.1, 0.15) is 23.7 Å². The Kier molecular flexibility index (Phi) is 3.92. The second-order valence-electron chi connectivity index (χ2n) is 2.95. The van der Waals surface area contributed by atoms with Crippen LogP contribution in [0.3, 0.4) is 0 Å². The van der Waals surface area contributed by atoms with E-state index in [1.165, 1.54) is 0 Å². The largest absolute Gasteiger partial charge is 0.455 e. The quantitative estimate of drug-likeness (QED) is 0.539. The molecule has 1 atom stereocenters. The molecule has 0 N–H and O–H groups in total. The van der Waals surface area contributed by atoms with Gasteiger partial charge in [-0.2, -0.15) is 0 Å². The third-order valence-corrected chi connectivity index (χ3v) is 1.93. The minimum absolute atomic E-state index is 0.192. The number of ether oxygens (including phenoxy) is 1. The monoisotopic (exact) mass is 190 g/mol. The van der Waals surface area contributed by atoms with Gasteiger partial charge in [0.2, 0.25) is 0 Å². The Labute approximate surface area is 84.2 Å². The van der Waals surface area contributed by atoms with Gasteiger partial charge >= 0.3 is 5.97 Å². The van der Waals surface area contributed by atoms with Crippen molar-refractivity contribution in [1.29, 1.82) is 0 Å². The predicted octanol–water partition coefficient (Wildman–Crippen LogP) is 2.81. The number of rotatable bonds is 4. The zero-order valence-corrected chi connectivity index (χ0v) is 8.27. The molecule has 0 amide bonds. The van der Waals surface area contributed by atoms with E-state index in [1.54, 1.807) is 18.2 Å². The molecule has 0 aliphatic carbocycles. The van der Waals surface area contributed by atoms with Gasteiger partial charge in [-0.3, -0.25) is 0 Å². The average Bonchev–Trinajstić information content (AvgIpc) is 2.26. The van der Waals surface area contributed by atoms with Crippen LogP contribution in [0.5, 0.6) is 0 Å². The fourth-order valence-corrected chi connectivity index (χ4v) is 1.08. The maximum absolute atomic E-state index is 11.5. The maximum Gasteiger partial charge on any atom is 0.338 e. The standard InChI is InChI=1S/C12H14O2/c1-3-11(4-2)14-12(13)10-8-6-5-7-9-10/h3,5-9,11H,1,4H2,2H3/t11-/m0/s1. The number of benzene rings is 1. The molecule has 1 aromatic rings. The third kappa shape index (κ3) is 2.73. The van der Waals surface area contributed by atoms with Crippen LogP contribution < -0.4 is 0 Å². The van der Waals surface area contributed by atoms with Gasteiger partial charge in [-0.25, -0.2) is 4.79 Å². The van der Waals surface area contributed by atoms with E-state index < -0.39 is 0 Å². The van der Waals surface area contributed by atoms with Crippen molar-refractivity contribution in [3.8, 4) is 0 Å². The van der Waals surface area contributed by atoms with Crippen molar-refractivity contribution in [1.82, 2.24) is 0 Å². The number of carbonyl (C=O) groups excluding carboxylic acids is 1. The van der Waals surface area contributed by atoms with Crippen LogP contribution in [0, 0.1) is 0 Å². The molecule has 14 heavy (non-hydrogen) atoms. The van der Waals surface area contributed by atoms with Crippen molar-refractivity contribution in [2.24, 2.45) is 0 Å². The SMILES string of the molecule is C=C[C@@H](CC)OC(=O)c1ccccc1. The Morgan fingerprint density at radius 1 is 1.50 bits per heavy atom. The molecular weight excluding hydrogens is 176 g/mol. The van der Waals surface area contributed by atoms with Crippen molar-refractivity contribution in [2.45, 2.75) is 19.4 Å². The van der Waals surface area contributed by atoms with Crippen molar-refractivity contribution < 1.29 is 9.53 Å². The van der Waals surface area contributed by atoms with Crippen molar-refractivity contribution in [3.63, 3.8) is 0 Å². The summed E-state index contributed by atoms with van der Waals surface area (Å²) in [4.78, 5) is 11.5. The summed E-state index contributed by atoms with van der Waals surface area (Å²) in [6.07, 6.45) is 2.20. The summed E-state index contributed by atoms with van der Waals surface area (Å²) in [6.45, 7) is 5.55. The molecular formula is C12H14O2. The van der Waals surface area contributed by atoms with Crippen LogP contribution in [-0.4, -0.2) is 12.1 Å². The minimum atomic E-state index is -0.294. The van der Waals surface area contributed by atoms with E-state index in [0.29, 0.717) is 5.56 Å². The van der Waals surface area contributed by atoms with Gasteiger partial charge in [-0.1, -0.05) is 37.8 Å².